The molecule has 0 radical (unpaired) electrons. The summed E-state index contributed by atoms with van der Waals surface area (Å²) in [5, 5.41) is 16.1. The fourth-order valence-corrected chi connectivity index (χ4v) is 1.90. The van der Waals surface area contributed by atoms with E-state index >= 15 is 0 Å². The van der Waals surface area contributed by atoms with Crippen LogP contribution in [0, 0.1) is 0 Å². The van der Waals surface area contributed by atoms with Crippen molar-refractivity contribution in [1.29, 1.82) is 0 Å². The zero-order chi connectivity index (χ0) is 19.2. The van der Waals surface area contributed by atoms with E-state index in [0.717, 1.165) is 44.9 Å². The summed E-state index contributed by atoms with van der Waals surface area (Å²) in [6.07, 6.45) is 23.4. The number of hydrogen-bond acceptors (Lipinski definition) is 2. The molecule has 0 fully saturated rings. The van der Waals surface area contributed by atoms with Crippen LogP contribution < -0.4 is 0 Å². The molecule has 0 saturated carbocycles. The Bertz CT molecular complexity index is 401. The molecule has 144 valence electrons. The molecule has 5 heteroatoms. The van der Waals surface area contributed by atoms with E-state index in [0.29, 0.717) is 6.42 Å². The van der Waals surface area contributed by atoms with E-state index in [9.17, 15) is 9.59 Å². The van der Waals surface area contributed by atoms with Crippen LogP contribution in [-0.4, -0.2) is 28.0 Å². The number of unbranched alkanes of at least 4 members (excludes halogenated alkanes) is 5. The van der Waals surface area contributed by atoms with E-state index in [-0.39, 0.29) is 5.88 Å². The normalized spacial score (nSPS) is 11.1. The van der Waals surface area contributed by atoms with Crippen molar-refractivity contribution in [3.63, 3.8) is 0 Å². The number of halogens is 1. The summed E-state index contributed by atoms with van der Waals surface area (Å²) in [5.74, 6) is -1.96. The van der Waals surface area contributed by atoms with Gasteiger partial charge in [0.1, 0.15) is 5.88 Å². The molecule has 4 nitrogen and oxygen atoms in total. The summed E-state index contributed by atoms with van der Waals surface area (Å²) in [7, 11) is 0. The second-order valence-corrected chi connectivity index (χ2v) is 5.79. The summed E-state index contributed by atoms with van der Waals surface area (Å²) in [6, 6.07) is 0. The number of hydrogen-bond donors (Lipinski definition) is 2. The monoisotopic (exact) mass is 372 g/mol. The average molecular weight is 373 g/mol. The summed E-state index contributed by atoms with van der Waals surface area (Å²) in [5.41, 5.74) is 0. The molecule has 0 aromatic heterocycles. The lowest BCUT2D eigenvalue weighted by Gasteiger charge is -1.98. The first kappa shape index (κ1) is 25.7. The molecular formula is C20H33ClO4. The minimum atomic E-state index is -0.980. The molecule has 0 spiro atoms. The second kappa shape index (κ2) is 22.4. The third-order valence-corrected chi connectivity index (χ3v) is 3.38. The predicted octanol–water partition coefficient (Wildman–Crippen LogP) is 5.97. The van der Waals surface area contributed by atoms with Crippen LogP contribution in [0.15, 0.2) is 36.5 Å². The number of rotatable bonds is 14. The highest BCUT2D eigenvalue weighted by Crippen LogP contribution is 2.07. The molecule has 0 bridgehead atoms. The second-order valence-electron chi connectivity index (χ2n) is 5.52. The van der Waals surface area contributed by atoms with Crippen LogP contribution in [0.5, 0.6) is 0 Å². The SMILES string of the molecule is CC/C=C\C/C=C\C/C=C\CCCCCCCC(=O)O.O=C(O)CCl. The van der Waals surface area contributed by atoms with Crippen LogP contribution in [0.3, 0.4) is 0 Å². The fraction of sp³-hybridized carbons (Fsp3) is 0.600. The van der Waals surface area contributed by atoms with Crippen molar-refractivity contribution in [2.45, 2.75) is 71.1 Å². The van der Waals surface area contributed by atoms with Crippen LogP contribution >= 0.6 is 11.6 Å². The Labute approximate surface area is 157 Å². The lowest BCUT2D eigenvalue weighted by molar-refractivity contribution is -0.137. The van der Waals surface area contributed by atoms with E-state index in [1.54, 1.807) is 0 Å². The maximum atomic E-state index is 10.3. The lowest BCUT2D eigenvalue weighted by Crippen LogP contribution is -1.93. The van der Waals surface area contributed by atoms with E-state index in [4.69, 9.17) is 21.8 Å². The molecule has 0 aliphatic rings. The molecule has 2 N–H and O–H groups in total. The van der Waals surface area contributed by atoms with Crippen molar-refractivity contribution >= 4 is 23.5 Å². The smallest absolute Gasteiger partial charge is 0.318 e. The standard InChI is InChI=1S/C18H30O2.C2H3ClO2/c1-2-3-4-5-6-7-8-9-10-11-12-13-14-15-16-17-18(19)20;3-1-2(4)5/h3-4,6-7,9-10H,2,5,8,11-17H2,1H3,(H,19,20);1H2,(H,4,5)/b4-3-,7-6-,10-9-;. The molecule has 0 amide bonds. The maximum Gasteiger partial charge on any atom is 0.318 e. The van der Waals surface area contributed by atoms with Crippen molar-refractivity contribution in [3.05, 3.63) is 36.5 Å². The number of carboxylic acid groups (broad SMARTS) is 2. The molecule has 0 heterocycles. The van der Waals surface area contributed by atoms with E-state index in [1.807, 2.05) is 0 Å². The fourth-order valence-electron chi connectivity index (χ4n) is 1.90. The van der Waals surface area contributed by atoms with Gasteiger partial charge in [-0.15, -0.1) is 11.6 Å². The molecule has 0 rings (SSSR count). The van der Waals surface area contributed by atoms with E-state index < -0.39 is 11.9 Å². The van der Waals surface area contributed by atoms with Gasteiger partial charge >= 0.3 is 11.9 Å². The minimum Gasteiger partial charge on any atom is -0.481 e. The molecule has 0 unspecified atom stereocenters. The summed E-state index contributed by atoms with van der Waals surface area (Å²) in [4.78, 5) is 19.6. The third kappa shape index (κ3) is 30.8. The minimum absolute atomic E-state index is 0.306. The van der Waals surface area contributed by atoms with Gasteiger partial charge in [-0.05, 0) is 38.5 Å². The topological polar surface area (TPSA) is 74.6 Å². The van der Waals surface area contributed by atoms with Gasteiger partial charge in [-0.1, -0.05) is 62.6 Å². The van der Waals surface area contributed by atoms with Gasteiger partial charge in [0, 0.05) is 6.42 Å². The first-order valence-corrected chi connectivity index (χ1v) is 9.52. The van der Waals surface area contributed by atoms with Crippen molar-refractivity contribution in [3.8, 4) is 0 Å². The number of alkyl halides is 1. The van der Waals surface area contributed by atoms with Crippen LogP contribution in [0.1, 0.15) is 71.1 Å². The number of carbonyl (C=O) groups is 2. The molecule has 0 saturated heterocycles. The largest absolute Gasteiger partial charge is 0.481 e. The Morgan fingerprint density at radius 3 is 1.76 bits per heavy atom. The summed E-state index contributed by atoms with van der Waals surface area (Å²) < 4.78 is 0. The van der Waals surface area contributed by atoms with Gasteiger partial charge < -0.3 is 10.2 Å². The Hall–Kier alpha value is -1.55. The average Bonchev–Trinajstić information content (AvgIpc) is 2.58. The van der Waals surface area contributed by atoms with Crippen molar-refractivity contribution in [1.82, 2.24) is 0 Å². The molecule has 0 aliphatic carbocycles. The van der Waals surface area contributed by atoms with Crippen LogP contribution in [0.4, 0.5) is 0 Å². The maximum absolute atomic E-state index is 10.3. The number of allylic oxidation sites excluding steroid dienone is 6. The quantitative estimate of drug-likeness (QED) is 0.224. The highest BCUT2D eigenvalue weighted by molar-refractivity contribution is 6.26. The molecule has 25 heavy (non-hydrogen) atoms. The van der Waals surface area contributed by atoms with Crippen LogP contribution in [-0.2, 0) is 9.59 Å². The zero-order valence-corrected chi connectivity index (χ0v) is 16.1. The van der Waals surface area contributed by atoms with E-state index in [2.05, 4.69) is 43.4 Å². The van der Waals surface area contributed by atoms with Gasteiger partial charge in [0.05, 0.1) is 0 Å². The van der Waals surface area contributed by atoms with Gasteiger partial charge in [0.25, 0.3) is 0 Å². The Morgan fingerprint density at radius 1 is 0.760 bits per heavy atom. The highest BCUT2D eigenvalue weighted by Gasteiger charge is 1.95. The van der Waals surface area contributed by atoms with Crippen LogP contribution in [0.2, 0.25) is 0 Å². The van der Waals surface area contributed by atoms with Crippen molar-refractivity contribution in [2.75, 3.05) is 5.88 Å². The molecule has 0 aliphatic heterocycles. The van der Waals surface area contributed by atoms with Crippen LogP contribution in [0.25, 0.3) is 0 Å². The van der Waals surface area contributed by atoms with Gasteiger partial charge in [0.2, 0.25) is 0 Å². The van der Waals surface area contributed by atoms with Crippen molar-refractivity contribution in [2.24, 2.45) is 0 Å². The Morgan fingerprint density at radius 2 is 1.24 bits per heavy atom. The van der Waals surface area contributed by atoms with E-state index in [1.165, 1.54) is 12.8 Å². The number of aliphatic carboxylic acids is 2. The molecule has 0 aromatic carbocycles. The van der Waals surface area contributed by atoms with Crippen molar-refractivity contribution < 1.29 is 19.8 Å². The first-order chi connectivity index (χ1) is 12.0. The predicted molar refractivity (Wildman–Crippen MR) is 105 cm³/mol. The Kier molecular flexibility index (Phi) is 23.1. The third-order valence-electron chi connectivity index (χ3n) is 3.16. The molecule has 0 atom stereocenters. The molecule has 0 aromatic rings. The van der Waals surface area contributed by atoms with Gasteiger partial charge in [0.15, 0.2) is 0 Å². The van der Waals surface area contributed by atoms with Gasteiger partial charge in [-0.3, -0.25) is 9.59 Å². The first-order valence-electron chi connectivity index (χ1n) is 8.99. The number of carboxylic acids is 2. The molecular weight excluding hydrogens is 340 g/mol. The Balaban J connectivity index is 0. The van der Waals surface area contributed by atoms with Gasteiger partial charge in [-0.25, -0.2) is 0 Å². The highest BCUT2D eigenvalue weighted by atomic mass is 35.5. The summed E-state index contributed by atoms with van der Waals surface area (Å²) in [6.45, 7) is 2.15. The lowest BCUT2D eigenvalue weighted by atomic mass is 10.1. The summed E-state index contributed by atoms with van der Waals surface area (Å²) >= 11 is 4.74. The zero-order valence-electron chi connectivity index (χ0n) is 15.3. The van der Waals surface area contributed by atoms with Gasteiger partial charge in [-0.2, -0.15) is 0 Å².